The molecule has 0 radical (unpaired) electrons. The normalized spacial score (nSPS) is 11.5. The number of nitrogens with one attached hydrogen (secondary N) is 1. The van der Waals surface area contributed by atoms with Crippen LogP contribution in [0.25, 0.3) is 0 Å². The van der Waals surface area contributed by atoms with E-state index in [9.17, 15) is 0 Å². The summed E-state index contributed by atoms with van der Waals surface area (Å²) < 4.78 is 0. The SMILES string of the molecule is CC(C)CCNOCC(C)C. The highest BCUT2D eigenvalue weighted by Crippen LogP contribution is 1.96. The van der Waals surface area contributed by atoms with Gasteiger partial charge in [-0.1, -0.05) is 27.7 Å². The lowest BCUT2D eigenvalue weighted by Gasteiger charge is -2.08. The maximum absolute atomic E-state index is 5.20. The summed E-state index contributed by atoms with van der Waals surface area (Å²) >= 11 is 0. The molecule has 2 heteroatoms. The number of rotatable bonds is 6. The smallest absolute Gasteiger partial charge is 0.0705 e. The average molecular weight is 159 g/mol. The molecule has 0 aromatic rings. The van der Waals surface area contributed by atoms with Gasteiger partial charge in [0.25, 0.3) is 0 Å². The van der Waals surface area contributed by atoms with Gasteiger partial charge in [0.2, 0.25) is 0 Å². The molecule has 0 amide bonds. The van der Waals surface area contributed by atoms with E-state index >= 15 is 0 Å². The van der Waals surface area contributed by atoms with Crippen LogP contribution in [0.2, 0.25) is 0 Å². The first-order valence-electron chi connectivity index (χ1n) is 4.47. The van der Waals surface area contributed by atoms with Crippen LogP contribution in [-0.4, -0.2) is 13.2 Å². The Kier molecular flexibility index (Phi) is 6.57. The van der Waals surface area contributed by atoms with Gasteiger partial charge in [0.1, 0.15) is 0 Å². The van der Waals surface area contributed by atoms with Gasteiger partial charge in [-0.3, -0.25) is 0 Å². The van der Waals surface area contributed by atoms with Gasteiger partial charge in [0, 0.05) is 6.54 Å². The summed E-state index contributed by atoms with van der Waals surface area (Å²) in [6, 6.07) is 0. The number of hydrogen-bond acceptors (Lipinski definition) is 2. The molecule has 68 valence electrons. The highest BCUT2D eigenvalue weighted by atomic mass is 16.6. The summed E-state index contributed by atoms with van der Waals surface area (Å²) in [5.74, 6) is 1.37. The first-order valence-corrected chi connectivity index (χ1v) is 4.47. The zero-order chi connectivity index (χ0) is 8.69. The maximum Gasteiger partial charge on any atom is 0.0705 e. The summed E-state index contributed by atoms with van der Waals surface area (Å²) in [6.07, 6.45) is 1.18. The minimum absolute atomic E-state index is 0.613. The molecule has 0 aliphatic heterocycles. The molecule has 0 heterocycles. The van der Waals surface area contributed by atoms with E-state index in [1.807, 2.05) is 0 Å². The predicted molar refractivity (Wildman–Crippen MR) is 48.2 cm³/mol. The van der Waals surface area contributed by atoms with Crippen LogP contribution < -0.4 is 5.48 Å². The van der Waals surface area contributed by atoms with E-state index in [-0.39, 0.29) is 0 Å². The average Bonchev–Trinajstić information content (AvgIpc) is 1.85. The zero-order valence-electron chi connectivity index (χ0n) is 8.18. The molecule has 0 saturated carbocycles. The third-order valence-corrected chi connectivity index (χ3v) is 1.34. The molecule has 11 heavy (non-hydrogen) atoms. The number of hydroxylamine groups is 1. The maximum atomic E-state index is 5.20. The van der Waals surface area contributed by atoms with Crippen LogP contribution in [-0.2, 0) is 4.84 Å². The first kappa shape index (κ1) is 10.9. The molecule has 0 unspecified atom stereocenters. The summed E-state index contributed by atoms with van der Waals surface area (Å²) in [5, 5.41) is 0. The largest absolute Gasteiger partial charge is 0.302 e. The topological polar surface area (TPSA) is 21.3 Å². The van der Waals surface area contributed by atoms with Gasteiger partial charge in [-0.15, -0.1) is 0 Å². The molecule has 0 rings (SSSR count). The van der Waals surface area contributed by atoms with Crippen LogP contribution in [0.4, 0.5) is 0 Å². The van der Waals surface area contributed by atoms with Gasteiger partial charge < -0.3 is 4.84 Å². The van der Waals surface area contributed by atoms with Crippen LogP contribution in [0, 0.1) is 11.8 Å². The Hall–Kier alpha value is -0.0800. The van der Waals surface area contributed by atoms with Crippen molar-refractivity contribution in [1.29, 1.82) is 0 Å². The standard InChI is InChI=1S/C9H21NO/c1-8(2)5-6-10-11-7-9(3)4/h8-10H,5-7H2,1-4H3. The van der Waals surface area contributed by atoms with Crippen LogP contribution in [0.3, 0.4) is 0 Å². The molecule has 0 spiro atoms. The van der Waals surface area contributed by atoms with Crippen LogP contribution in [0.5, 0.6) is 0 Å². The third kappa shape index (κ3) is 9.92. The Labute approximate surface area is 70.3 Å². The van der Waals surface area contributed by atoms with Crippen molar-refractivity contribution < 1.29 is 4.84 Å². The van der Waals surface area contributed by atoms with Gasteiger partial charge in [0.05, 0.1) is 6.61 Å². The molecule has 0 aromatic heterocycles. The molecular formula is C9H21NO. The Morgan fingerprint density at radius 1 is 1.09 bits per heavy atom. The predicted octanol–water partition coefficient (Wildman–Crippen LogP) is 2.21. The second-order valence-corrected chi connectivity index (χ2v) is 3.78. The second kappa shape index (κ2) is 6.62. The molecule has 0 aromatic carbocycles. The highest BCUT2D eigenvalue weighted by Gasteiger charge is 1.94. The van der Waals surface area contributed by atoms with E-state index < -0.39 is 0 Å². The van der Waals surface area contributed by atoms with Gasteiger partial charge >= 0.3 is 0 Å². The minimum Gasteiger partial charge on any atom is -0.302 e. The number of hydrogen-bond donors (Lipinski definition) is 1. The first-order chi connectivity index (χ1) is 5.13. The van der Waals surface area contributed by atoms with Gasteiger partial charge in [0.15, 0.2) is 0 Å². The summed E-state index contributed by atoms with van der Waals surface area (Å²) in [4.78, 5) is 5.20. The zero-order valence-corrected chi connectivity index (χ0v) is 8.18. The molecule has 0 atom stereocenters. The fourth-order valence-corrected chi connectivity index (χ4v) is 0.645. The Balaban J connectivity index is 2.91. The summed E-state index contributed by atoms with van der Waals surface area (Å²) in [7, 11) is 0. The molecule has 0 bridgehead atoms. The van der Waals surface area contributed by atoms with Crippen molar-refractivity contribution in [1.82, 2.24) is 5.48 Å². The Morgan fingerprint density at radius 3 is 2.18 bits per heavy atom. The summed E-state index contributed by atoms with van der Waals surface area (Å²) in [5.41, 5.74) is 2.95. The molecule has 0 saturated heterocycles. The molecular weight excluding hydrogens is 138 g/mol. The van der Waals surface area contributed by atoms with Gasteiger partial charge in [-0.05, 0) is 18.3 Å². The molecule has 1 N–H and O–H groups in total. The van der Waals surface area contributed by atoms with Crippen molar-refractivity contribution in [2.24, 2.45) is 11.8 Å². The monoisotopic (exact) mass is 159 g/mol. The molecule has 2 nitrogen and oxygen atoms in total. The van der Waals surface area contributed by atoms with E-state index in [4.69, 9.17) is 4.84 Å². The van der Waals surface area contributed by atoms with E-state index in [2.05, 4.69) is 33.2 Å². The Morgan fingerprint density at radius 2 is 1.73 bits per heavy atom. The van der Waals surface area contributed by atoms with Crippen molar-refractivity contribution >= 4 is 0 Å². The minimum atomic E-state index is 0.613. The van der Waals surface area contributed by atoms with Crippen LogP contribution in [0.1, 0.15) is 34.1 Å². The van der Waals surface area contributed by atoms with Gasteiger partial charge in [-0.2, -0.15) is 0 Å². The van der Waals surface area contributed by atoms with Crippen LogP contribution >= 0.6 is 0 Å². The lowest BCUT2D eigenvalue weighted by Crippen LogP contribution is -2.20. The van der Waals surface area contributed by atoms with Crippen molar-refractivity contribution in [3.8, 4) is 0 Å². The van der Waals surface area contributed by atoms with E-state index in [1.54, 1.807) is 0 Å². The van der Waals surface area contributed by atoms with Crippen molar-refractivity contribution in [3.05, 3.63) is 0 Å². The lowest BCUT2D eigenvalue weighted by molar-refractivity contribution is 0.0219. The Bertz CT molecular complexity index is 71.6. The van der Waals surface area contributed by atoms with E-state index in [1.165, 1.54) is 6.42 Å². The second-order valence-electron chi connectivity index (χ2n) is 3.78. The third-order valence-electron chi connectivity index (χ3n) is 1.34. The highest BCUT2D eigenvalue weighted by molar-refractivity contribution is 4.44. The summed E-state index contributed by atoms with van der Waals surface area (Å²) in [6.45, 7) is 10.5. The lowest BCUT2D eigenvalue weighted by atomic mass is 10.1. The van der Waals surface area contributed by atoms with Crippen molar-refractivity contribution in [2.45, 2.75) is 34.1 Å². The van der Waals surface area contributed by atoms with Crippen molar-refractivity contribution in [3.63, 3.8) is 0 Å². The van der Waals surface area contributed by atoms with E-state index in [0.29, 0.717) is 5.92 Å². The molecule has 0 aliphatic carbocycles. The van der Waals surface area contributed by atoms with Crippen LogP contribution in [0.15, 0.2) is 0 Å². The quantitative estimate of drug-likeness (QED) is 0.474. The fourth-order valence-electron chi connectivity index (χ4n) is 0.645. The van der Waals surface area contributed by atoms with Gasteiger partial charge in [-0.25, -0.2) is 5.48 Å². The van der Waals surface area contributed by atoms with Crippen molar-refractivity contribution in [2.75, 3.05) is 13.2 Å². The van der Waals surface area contributed by atoms with E-state index in [0.717, 1.165) is 19.1 Å². The molecule has 0 aliphatic rings. The molecule has 0 fully saturated rings. The fraction of sp³-hybridized carbons (Fsp3) is 1.00.